The Labute approximate surface area is 414 Å². The lowest BCUT2D eigenvalue weighted by Crippen LogP contribution is -2.43. The van der Waals surface area contributed by atoms with E-state index >= 15 is 0 Å². The third-order valence-corrected chi connectivity index (χ3v) is 16.4. The number of piperidine rings is 1. The van der Waals surface area contributed by atoms with E-state index < -0.39 is 11.0 Å². The third-order valence-electron chi connectivity index (χ3n) is 14.8. The number of nitrogens with zero attached hydrogens (tertiary/aromatic N) is 2. The quantitative estimate of drug-likeness (QED) is 0.0447. The van der Waals surface area contributed by atoms with Gasteiger partial charge in [0.2, 0.25) is 0 Å². The molecule has 8 heteroatoms. The predicted octanol–water partition coefficient (Wildman–Crippen LogP) is 16.9. The number of hydrogen-bond donors (Lipinski definition) is 0. The maximum atomic E-state index is 14.3. The average molecular weight is 952 g/mol. The summed E-state index contributed by atoms with van der Waals surface area (Å²) in [5.74, 6) is 2.47. The van der Waals surface area contributed by atoms with E-state index in [9.17, 15) is 13.8 Å². The van der Waals surface area contributed by atoms with Crippen LogP contribution in [0, 0.1) is 17.8 Å². The van der Waals surface area contributed by atoms with Gasteiger partial charge in [-0.05, 0) is 109 Å². The van der Waals surface area contributed by atoms with Gasteiger partial charge < -0.3 is 14.4 Å². The van der Waals surface area contributed by atoms with Crippen molar-refractivity contribution in [1.29, 1.82) is 0 Å². The van der Waals surface area contributed by atoms with E-state index in [0.717, 1.165) is 83.2 Å². The molecule has 0 amide bonds. The van der Waals surface area contributed by atoms with Crippen LogP contribution in [0.2, 0.25) is 0 Å². The zero-order valence-electron chi connectivity index (χ0n) is 45.2. The van der Waals surface area contributed by atoms with Crippen LogP contribution >= 0.6 is 0 Å². The number of carbonyl (C=O) groups is 2. The first-order valence-electron chi connectivity index (χ1n) is 29.4. The highest BCUT2D eigenvalue weighted by atomic mass is 32.2. The lowest BCUT2D eigenvalue weighted by atomic mass is 9.92. The lowest BCUT2D eigenvalue weighted by Gasteiger charge is -2.36. The van der Waals surface area contributed by atoms with Crippen LogP contribution in [0.15, 0.2) is 0 Å². The van der Waals surface area contributed by atoms with Gasteiger partial charge >= 0.3 is 11.9 Å². The summed E-state index contributed by atoms with van der Waals surface area (Å²) >= 11 is 0. The van der Waals surface area contributed by atoms with E-state index in [2.05, 4.69) is 50.9 Å². The van der Waals surface area contributed by atoms with Gasteiger partial charge in [0.25, 0.3) is 0 Å². The fraction of sp³-hybridized carbons (Fsp3) is 0.966. The van der Waals surface area contributed by atoms with Crippen LogP contribution in [-0.4, -0.2) is 77.0 Å². The van der Waals surface area contributed by atoms with Crippen LogP contribution < -0.4 is 0 Å². The van der Waals surface area contributed by atoms with Gasteiger partial charge in [-0.2, -0.15) is 0 Å². The molecule has 0 spiro atoms. The van der Waals surface area contributed by atoms with Gasteiger partial charge in [0, 0.05) is 31.2 Å². The van der Waals surface area contributed by atoms with E-state index in [1.165, 1.54) is 186 Å². The summed E-state index contributed by atoms with van der Waals surface area (Å²) in [4.78, 5) is 27.9. The van der Waals surface area contributed by atoms with Crippen molar-refractivity contribution < 1.29 is 23.3 Å². The Morgan fingerprint density at radius 1 is 0.485 bits per heavy atom. The molecule has 1 aliphatic heterocycles. The fourth-order valence-corrected chi connectivity index (χ4v) is 11.8. The molecule has 0 aromatic carbocycles. The largest absolute Gasteiger partial charge is 0.466 e. The Morgan fingerprint density at radius 3 is 1.27 bits per heavy atom. The maximum Gasteiger partial charge on any atom is 0.306 e. The van der Waals surface area contributed by atoms with Crippen molar-refractivity contribution >= 4 is 22.9 Å². The van der Waals surface area contributed by atoms with Gasteiger partial charge in [-0.25, -0.2) is 8.51 Å². The summed E-state index contributed by atoms with van der Waals surface area (Å²) in [5, 5.41) is 0. The van der Waals surface area contributed by atoms with E-state index in [-0.39, 0.29) is 11.9 Å². The fourth-order valence-electron chi connectivity index (χ4n) is 10.2. The molecule has 392 valence electrons. The summed E-state index contributed by atoms with van der Waals surface area (Å²) in [6.07, 6.45) is 46.8. The second-order valence-corrected chi connectivity index (χ2v) is 22.7. The van der Waals surface area contributed by atoms with Gasteiger partial charge in [0.15, 0.2) is 0 Å². The van der Waals surface area contributed by atoms with Crippen molar-refractivity contribution in [3.8, 4) is 0 Å². The molecule has 66 heavy (non-hydrogen) atoms. The van der Waals surface area contributed by atoms with E-state index in [1.807, 2.05) is 0 Å². The average Bonchev–Trinajstić information content (AvgIpc) is 3.31. The Balaban J connectivity index is 2.64. The molecule has 7 nitrogen and oxygen atoms in total. The van der Waals surface area contributed by atoms with E-state index in [4.69, 9.17) is 9.47 Å². The first-order chi connectivity index (χ1) is 32.3. The van der Waals surface area contributed by atoms with Crippen molar-refractivity contribution in [1.82, 2.24) is 9.21 Å². The smallest absolute Gasteiger partial charge is 0.306 e. The number of ether oxygens (including phenoxy) is 2. The summed E-state index contributed by atoms with van der Waals surface area (Å²) in [6, 6.07) is 0.394. The van der Waals surface area contributed by atoms with Crippen molar-refractivity contribution in [2.45, 2.75) is 297 Å². The molecule has 1 rings (SSSR count). The van der Waals surface area contributed by atoms with Crippen molar-refractivity contribution in [2.75, 3.05) is 45.6 Å². The van der Waals surface area contributed by atoms with Crippen LogP contribution in [0.3, 0.4) is 0 Å². The second kappa shape index (κ2) is 46.4. The molecule has 1 aliphatic rings. The molecule has 0 aromatic heterocycles. The van der Waals surface area contributed by atoms with Crippen LogP contribution in [-0.2, 0) is 30.0 Å². The van der Waals surface area contributed by atoms with E-state index in [0.29, 0.717) is 49.9 Å². The third kappa shape index (κ3) is 36.9. The van der Waals surface area contributed by atoms with Gasteiger partial charge in [0.05, 0.1) is 24.2 Å². The van der Waals surface area contributed by atoms with Gasteiger partial charge in [0.1, 0.15) is 0 Å². The molecule has 0 bridgehead atoms. The van der Waals surface area contributed by atoms with Crippen LogP contribution in [0.25, 0.3) is 0 Å². The summed E-state index contributed by atoms with van der Waals surface area (Å²) in [6.45, 7) is 15.7. The Bertz CT molecular complexity index is 1040. The number of likely N-dealkylation sites (tertiary alicyclic amines) is 1. The van der Waals surface area contributed by atoms with Crippen molar-refractivity contribution in [2.24, 2.45) is 17.8 Å². The highest BCUT2D eigenvalue weighted by Crippen LogP contribution is 2.27. The van der Waals surface area contributed by atoms with Gasteiger partial charge in [-0.15, -0.1) is 0 Å². The molecule has 3 atom stereocenters. The molecule has 3 unspecified atom stereocenters. The molecule has 1 fully saturated rings. The normalized spacial score (nSPS) is 15.6. The molecule has 0 saturated carbocycles. The number of esters is 2. The molecular formula is C58H114N2O5S. The van der Waals surface area contributed by atoms with E-state index in [1.54, 1.807) is 0 Å². The Morgan fingerprint density at radius 2 is 0.833 bits per heavy atom. The van der Waals surface area contributed by atoms with Crippen LogP contribution in [0.5, 0.6) is 0 Å². The van der Waals surface area contributed by atoms with Crippen LogP contribution in [0.1, 0.15) is 291 Å². The standard InChI is InChI=1S/C58H114N2O5S/c1-7-12-17-20-29-36-49-66(63)60(52-55-43-45-59(6)46-44-55)56(41-32-25-21-23-27-34-47-64-57(61)50-53(37-15-10-4)39-30-18-13-8-2)42-33-26-22-24-28-35-48-65-58(62)51-54(38-16-11-5)40-31-19-14-9-3/h53-56H,7-52H2,1-6H3. The molecular weight excluding hydrogens is 837 g/mol. The highest BCUT2D eigenvalue weighted by molar-refractivity contribution is 7.82. The van der Waals surface area contributed by atoms with Gasteiger partial charge in [-0.1, -0.05) is 208 Å². The molecule has 0 aromatic rings. The SMILES string of the molecule is CCCCCCCCS(=O)N(CC1CCN(C)CC1)C(CCCCCCCCOC(=O)CC(CCCC)CCCCCC)CCCCCCCCOC(=O)CC(CCCC)CCCCCC. The minimum Gasteiger partial charge on any atom is -0.466 e. The minimum atomic E-state index is -0.920. The Kier molecular flexibility index (Phi) is 44.3. The number of unbranched alkanes of at least 4 members (excludes halogenated alkanes) is 23. The lowest BCUT2D eigenvalue weighted by molar-refractivity contribution is -0.146. The topological polar surface area (TPSA) is 76.2 Å². The Hall–Kier alpha value is -0.990. The minimum absolute atomic E-state index is 0.0173. The number of hydrogen-bond acceptors (Lipinski definition) is 6. The maximum absolute atomic E-state index is 14.3. The summed E-state index contributed by atoms with van der Waals surface area (Å²) in [7, 11) is 1.32. The van der Waals surface area contributed by atoms with Crippen molar-refractivity contribution in [3.05, 3.63) is 0 Å². The second-order valence-electron chi connectivity index (χ2n) is 21.2. The molecule has 1 saturated heterocycles. The molecule has 0 N–H and O–H groups in total. The molecule has 1 heterocycles. The monoisotopic (exact) mass is 951 g/mol. The highest BCUT2D eigenvalue weighted by Gasteiger charge is 2.28. The summed E-state index contributed by atoms with van der Waals surface area (Å²) < 4.78 is 28.3. The molecule has 0 aliphatic carbocycles. The number of carbonyl (C=O) groups excluding carboxylic acids is 2. The van der Waals surface area contributed by atoms with Crippen molar-refractivity contribution in [3.63, 3.8) is 0 Å². The molecule has 0 radical (unpaired) electrons. The summed E-state index contributed by atoms with van der Waals surface area (Å²) in [5.41, 5.74) is 0. The predicted molar refractivity (Wildman–Crippen MR) is 286 cm³/mol. The first-order valence-corrected chi connectivity index (χ1v) is 30.7. The van der Waals surface area contributed by atoms with Crippen LogP contribution in [0.4, 0.5) is 0 Å². The number of rotatable bonds is 49. The zero-order chi connectivity index (χ0) is 48.1. The van der Waals surface area contributed by atoms with Gasteiger partial charge in [-0.3, -0.25) is 9.59 Å². The zero-order valence-corrected chi connectivity index (χ0v) is 46.0. The first kappa shape index (κ1) is 63.0.